The number of likely N-dealkylation sites (tertiary alicyclic amines) is 1. The van der Waals surface area contributed by atoms with Crippen LogP contribution in [0.15, 0.2) is 12.7 Å². The fraction of sp³-hybridized carbons (Fsp3) is 0.778. The second-order valence-electron chi connectivity index (χ2n) is 3.06. The molecule has 1 aliphatic rings. The summed E-state index contributed by atoms with van der Waals surface area (Å²) in [6, 6.07) is 0.204. The van der Waals surface area contributed by atoms with Crippen LogP contribution < -0.4 is 0 Å². The predicted molar refractivity (Wildman–Crippen MR) is 45.4 cm³/mol. The topological polar surface area (TPSA) is 3.24 Å². The molecule has 0 spiro atoms. The Morgan fingerprint density at radius 1 is 1.64 bits per heavy atom. The number of hydrogen-bond acceptors (Lipinski definition) is 1. The summed E-state index contributed by atoms with van der Waals surface area (Å²) in [6.07, 6.45) is 5.07. The first-order chi connectivity index (χ1) is 5.38. The minimum Gasteiger partial charge on any atom is -0.297 e. The molecule has 0 aromatic carbocycles. The Hall–Kier alpha value is -0.370. The molecule has 1 saturated heterocycles. The standard InChI is InChI=1S/C9H16FN/c1-2-3-6-11-7-4-5-9(11)8-10/h2,9H,1,3-8H2. The van der Waals surface area contributed by atoms with E-state index in [0.29, 0.717) is 0 Å². The minimum atomic E-state index is -0.183. The highest BCUT2D eigenvalue weighted by molar-refractivity contribution is 4.80. The van der Waals surface area contributed by atoms with Crippen LogP contribution in [0.5, 0.6) is 0 Å². The molecular weight excluding hydrogens is 141 g/mol. The molecule has 64 valence electrons. The Bertz CT molecular complexity index is 125. The zero-order valence-electron chi connectivity index (χ0n) is 6.93. The van der Waals surface area contributed by atoms with Gasteiger partial charge in [0.25, 0.3) is 0 Å². The van der Waals surface area contributed by atoms with E-state index in [4.69, 9.17) is 0 Å². The molecule has 1 aliphatic heterocycles. The highest BCUT2D eigenvalue weighted by atomic mass is 19.1. The number of rotatable bonds is 4. The zero-order chi connectivity index (χ0) is 8.10. The first-order valence-corrected chi connectivity index (χ1v) is 4.29. The van der Waals surface area contributed by atoms with Gasteiger partial charge in [-0.05, 0) is 25.8 Å². The van der Waals surface area contributed by atoms with Gasteiger partial charge in [0.1, 0.15) is 6.67 Å². The molecule has 0 aliphatic carbocycles. The van der Waals surface area contributed by atoms with E-state index in [1.807, 2.05) is 6.08 Å². The van der Waals surface area contributed by atoms with E-state index >= 15 is 0 Å². The molecule has 0 amide bonds. The van der Waals surface area contributed by atoms with Crippen molar-refractivity contribution in [3.05, 3.63) is 12.7 Å². The molecule has 1 rings (SSSR count). The van der Waals surface area contributed by atoms with Crippen LogP contribution in [0.2, 0.25) is 0 Å². The van der Waals surface area contributed by atoms with Crippen LogP contribution in [-0.4, -0.2) is 30.7 Å². The molecule has 0 saturated carbocycles. The average Bonchev–Trinajstić information content (AvgIpc) is 2.47. The van der Waals surface area contributed by atoms with Crippen molar-refractivity contribution >= 4 is 0 Å². The lowest BCUT2D eigenvalue weighted by molar-refractivity contribution is 0.218. The van der Waals surface area contributed by atoms with E-state index in [1.54, 1.807) is 0 Å². The molecule has 0 radical (unpaired) electrons. The first-order valence-electron chi connectivity index (χ1n) is 4.29. The maximum atomic E-state index is 12.3. The van der Waals surface area contributed by atoms with Crippen molar-refractivity contribution in [2.75, 3.05) is 19.8 Å². The van der Waals surface area contributed by atoms with Crippen molar-refractivity contribution in [1.29, 1.82) is 0 Å². The summed E-state index contributed by atoms with van der Waals surface area (Å²) in [6.45, 7) is 5.52. The van der Waals surface area contributed by atoms with E-state index in [1.165, 1.54) is 0 Å². The normalized spacial score (nSPS) is 25.7. The molecule has 0 aromatic rings. The third-order valence-electron chi connectivity index (χ3n) is 2.30. The lowest BCUT2D eigenvalue weighted by Crippen LogP contribution is -2.31. The molecule has 1 nitrogen and oxygen atoms in total. The Labute approximate surface area is 67.9 Å². The van der Waals surface area contributed by atoms with E-state index < -0.39 is 0 Å². The summed E-state index contributed by atoms with van der Waals surface area (Å²) in [4.78, 5) is 2.22. The molecule has 1 atom stereocenters. The highest BCUT2D eigenvalue weighted by Gasteiger charge is 2.22. The van der Waals surface area contributed by atoms with Gasteiger partial charge in [-0.1, -0.05) is 6.08 Å². The summed E-state index contributed by atoms with van der Waals surface area (Å²) in [5.74, 6) is 0. The largest absolute Gasteiger partial charge is 0.297 e. The highest BCUT2D eigenvalue weighted by Crippen LogP contribution is 2.17. The van der Waals surface area contributed by atoms with Gasteiger partial charge in [-0.3, -0.25) is 4.90 Å². The second kappa shape index (κ2) is 4.50. The summed E-state index contributed by atoms with van der Waals surface area (Å²) in [7, 11) is 0. The first kappa shape index (κ1) is 8.72. The van der Waals surface area contributed by atoms with Crippen LogP contribution in [0.1, 0.15) is 19.3 Å². The van der Waals surface area contributed by atoms with Crippen molar-refractivity contribution in [2.45, 2.75) is 25.3 Å². The number of nitrogens with zero attached hydrogens (tertiary/aromatic N) is 1. The summed E-state index contributed by atoms with van der Waals surface area (Å²) in [5.41, 5.74) is 0. The summed E-state index contributed by atoms with van der Waals surface area (Å²) in [5, 5.41) is 0. The smallest absolute Gasteiger partial charge is 0.105 e. The van der Waals surface area contributed by atoms with Crippen molar-refractivity contribution in [1.82, 2.24) is 4.90 Å². The molecule has 1 fully saturated rings. The van der Waals surface area contributed by atoms with Crippen LogP contribution in [0.25, 0.3) is 0 Å². The van der Waals surface area contributed by atoms with Gasteiger partial charge >= 0.3 is 0 Å². The van der Waals surface area contributed by atoms with Crippen LogP contribution in [0.4, 0.5) is 4.39 Å². The molecule has 0 bridgehead atoms. The van der Waals surface area contributed by atoms with Gasteiger partial charge in [0.15, 0.2) is 0 Å². The van der Waals surface area contributed by atoms with E-state index in [0.717, 1.165) is 32.4 Å². The number of hydrogen-bond donors (Lipinski definition) is 0. The van der Waals surface area contributed by atoms with Crippen LogP contribution in [-0.2, 0) is 0 Å². The predicted octanol–water partition coefficient (Wildman–Crippen LogP) is 2.00. The van der Waals surface area contributed by atoms with Gasteiger partial charge in [0.2, 0.25) is 0 Å². The Balaban J connectivity index is 2.25. The molecule has 11 heavy (non-hydrogen) atoms. The second-order valence-corrected chi connectivity index (χ2v) is 3.06. The monoisotopic (exact) mass is 157 g/mol. The number of alkyl halides is 1. The summed E-state index contributed by atoms with van der Waals surface area (Å²) < 4.78 is 12.3. The quantitative estimate of drug-likeness (QED) is 0.564. The van der Waals surface area contributed by atoms with Gasteiger partial charge < -0.3 is 0 Å². The molecule has 1 heterocycles. The molecule has 2 heteroatoms. The zero-order valence-corrected chi connectivity index (χ0v) is 6.93. The molecule has 1 unspecified atom stereocenters. The van der Waals surface area contributed by atoms with Crippen molar-refractivity contribution in [3.8, 4) is 0 Å². The minimum absolute atomic E-state index is 0.183. The van der Waals surface area contributed by atoms with Crippen LogP contribution in [0, 0.1) is 0 Å². The lowest BCUT2D eigenvalue weighted by Gasteiger charge is -2.20. The average molecular weight is 157 g/mol. The van der Waals surface area contributed by atoms with E-state index in [-0.39, 0.29) is 12.7 Å². The van der Waals surface area contributed by atoms with Crippen LogP contribution in [0.3, 0.4) is 0 Å². The fourth-order valence-corrected chi connectivity index (χ4v) is 1.62. The summed E-state index contributed by atoms with van der Waals surface area (Å²) >= 11 is 0. The maximum absolute atomic E-state index is 12.3. The van der Waals surface area contributed by atoms with Gasteiger partial charge in [0, 0.05) is 12.6 Å². The molecule has 0 aromatic heterocycles. The van der Waals surface area contributed by atoms with E-state index in [2.05, 4.69) is 11.5 Å². The van der Waals surface area contributed by atoms with Crippen molar-refractivity contribution in [2.24, 2.45) is 0 Å². The van der Waals surface area contributed by atoms with Gasteiger partial charge in [-0.25, -0.2) is 4.39 Å². The Kier molecular flexibility index (Phi) is 3.57. The number of halogens is 1. The maximum Gasteiger partial charge on any atom is 0.105 e. The van der Waals surface area contributed by atoms with Crippen molar-refractivity contribution < 1.29 is 4.39 Å². The third-order valence-corrected chi connectivity index (χ3v) is 2.30. The third kappa shape index (κ3) is 2.29. The SMILES string of the molecule is C=CCCN1CCCC1CF. The van der Waals surface area contributed by atoms with Gasteiger partial charge in [0.05, 0.1) is 0 Å². The molecule has 0 N–H and O–H groups in total. The Morgan fingerprint density at radius 3 is 3.09 bits per heavy atom. The van der Waals surface area contributed by atoms with Crippen molar-refractivity contribution in [3.63, 3.8) is 0 Å². The van der Waals surface area contributed by atoms with Crippen LogP contribution >= 0.6 is 0 Å². The fourth-order valence-electron chi connectivity index (χ4n) is 1.62. The molecular formula is C9H16FN. The lowest BCUT2D eigenvalue weighted by atomic mass is 10.2. The van der Waals surface area contributed by atoms with Gasteiger partial charge in [-0.2, -0.15) is 0 Å². The van der Waals surface area contributed by atoms with E-state index in [9.17, 15) is 4.39 Å². The van der Waals surface area contributed by atoms with Gasteiger partial charge in [-0.15, -0.1) is 6.58 Å². The Morgan fingerprint density at radius 2 is 2.45 bits per heavy atom.